The molecule has 2 aromatic heterocycles. The van der Waals surface area contributed by atoms with Crippen LogP contribution in [0.2, 0.25) is 0 Å². The molecule has 1 N–H and O–H groups in total. The molecule has 6 nitrogen and oxygen atoms in total. The van der Waals surface area contributed by atoms with Crippen LogP contribution in [0.3, 0.4) is 0 Å². The van der Waals surface area contributed by atoms with E-state index in [9.17, 15) is 13.2 Å². The summed E-state index contributed by atoms with van der Waals surface area (Å²) in [4.78, 5) is 16.5. The molecule has 0 unspecified atom stereocenters. The summed E-state index contributed by atoms with van der Waals surface area (Å²) in [5.41, 5.74) is 2.11. The fraction of sp³-hybridized carbons (Fsp3) is 0.200. The number of aromatic nitrogens is 1. The van der Waals surface area contributed by atoms with Crippen LogP contribution in [0.25, 0.3) is 0 Å². The van der Waals surface area contributed by atoms with E-state index in [-0.39, 0.29) is 22.9 Å². The third kappa shape index (κ3) is 4.09. The summed E-state index contributed by atoms with van der Waals surface area (Å²) in [5.74, 6) is -0.169. The van der Waals surface area contributed by atoms with Gasteiger partial charge in [-0.15, -0.1) is 0 Å². The molecular weight excluding hydrogens is 364 g/mol. The van der Waals surface area contributed by atoms with Gasteiger partial charge in [-0.05, 0) is 61.4 Å². The number of hydrogen-bond acceptors (Lipinski definition) is 5. The molecule has 140 valence electrons. The maximum absolute atomic E-state index is 13.2. The summed E-state index contributed by atoms with van der Waals surface area (Å²) in [6.45, 7) is 3.65. The first-order valence-electron chi connectivity index (χ1n) is 8.43. The van der Waals surface area contributed by atoms with E-state index in [4.69, 9.17) is 4.42 Å². The van der Waals surface area contributed by atoms with Gasteiger partial charge in [0.05, 0.1) is 11.2 Å². The number of aryl methyl sites for hydroxylation is 2. The van der Waals surface area contributed by atoms with Gasteiger partial charge in [0.15, 0.2) is 9.84 Å². The van der Waals surface area contributed by atoms with Crippen molar-refractivity contribution in [1.82, 2.24) is 10.3 Å². The maximum Gasteiger partial charge on any atom is 0.269 e. The fourth-order valence-electron chi connectivity index (χ4n) is 2.67. The number of pyridine rings is 1. The van der Waals surface area contributed by atoms with Crippen molar-refractivity contribution in [3.63, 3.8) is 0 Å². The van der Waals surface area contributed by atoms with Crippen molar-refractivity contribution in [2.75, 3.05) is 6.54 Å². The highest BCUT2D eigenvalue weighted by atomic mass is 32.2. The van der Waals surface area contributed by atoms with Crippen molar-refractivity contribution < 1.29 is 17.6 Å². The lowest BCUT2D eigenvalue weighted by molar-refractivity contribution is 0.0948. The smallest absolute Gasteiger partial charge is 0.269 e. The van der Waals surface area contributed by atoms with Crippen LogP contribution in [0.15, 0.2) is 70.3 Å². The van der Waals surface area contributed by atoms with Gasteiger partial charge < -0.3 is 9.73 Å². The second-order valence-corrected chi connectivity index (χ2v) is 8.35. The van der Waals surface area contributed by atoms with E-state index in [1.165, 1.54) is 12.5 Å². The first-order chi connectivity index (χ1) is 12.9. The summed E-state index contributed by atoms with van der Waals surface area (Å²) in [5, 5.41) is 1.61. The number of benzene rings is 1. The number of sulfone groups is 1. The standard InChI is InChI=1S/C20H20N2O4S/c1-14-8-9-16(12-15(14)2)27(24,25)19(18-7-5-11-26-18)13-22-20(23)17-6-3-4-10-21-17/h3-12,19H,13H2,1-2H3,(H,22,23)/t19-/m0/s1. The normalized spacial score (nSPS) is 12.5. The van der Waals surface area contributed by atoms with Gasteiger partial charge in [0.1, 0.15) is 16.7 Å². The molecule has 0 aliphatic heterocycles. The van der Waals surface area contributed by atoms with Crippen LogP contribution in [0.4, 0.5) is 0 Å². The average molecular weight is 384 g/mol. The Bertz CT molecular complexity index is 1030. The summed E-state index contributed by atoms with van der Waals surface area (Å²) < 4.78 is 31.8. The second-order valence-electron chi connectivity index (χ2n) is 6.22. The van der Waals surface area contributed by atoms with E-state index in [1.54, 1.807) is 48.5 Å². The molecule has 27 heavy (non-hydrogen) atoms. The lowest BCUT2D eigenvalue weighted by atomic mass is 10.1. The van der Waals surface area contributed by atoms with Crippen LogP contribution < -0.4 is 5.32 Å². The van der Waals surface area contributed by atoms with Gasteiger partial charge in [-0.1, -0.05) is 12.1 Å². The zero-order chi connectivity index (χ0) is 19.4. The van der Waals surface area contributed by atoms with Crippen molar-refractivity contribution in [1.29, 1.82) is 0 Å². The van der Waals surface area contributed by atoms with Crippen molar-refractivity contribution in [3.05, 3.63) is 83.6 Å². The monoisotopic (exact) mass is 384 g/mol. The minimum atomic E-state index is -3.77. The number of amides is 1. The SMILES string of the molecule is Cc1ccc(S(=O)(=O)[C@@H](CNC(=O)c2ccccn2)c2ccco2)cc1C. The van der Waals surface area contributed by atoms with E-state index in [2.05, 4.69) is 10.3 Å². The molecular formula is C20H20N2O4S. The van der Waals surface area contributed by atoms with Gasteiger partial charge in [0.25, 0.3) is 5.91 Å². The molecule has 0 aliphatic rings. The first-order valence-corrected chi connectivity index (χ1v) is 9.98. The highest BCUT2D eigenvalue weighted by Crippen LogP contribution is 2.30. The molecule has 3 rings (SSSR count). The molecule has 0 aliphatic carbocycles. The van der Waals surface area contributed by atoms with Crippen molar-refractivity contribution in [3.8, 4) is 0 Å². The van der Waals surface area contributed by atoms with Gasteiger partial charge >= 0.3 is 0 Å². The van der Waals surface area contributed by atoms with E-state index in [1.807, 2.05) is 13.8 Å². The van der Waals surface area contributed by atoms with Crippen molar-refractivity contribution in [2.45, 2.75) is 24.0 Å². The number of rotatable bonds is 6. The Morgan fingerprint density at radius 1 is 1.11 bits per heavy atom. The number of furan rings is 1. The Morgan fingerprint density at radius 3 is 2.56 bits per heavy atom. The topological polar surface area (TPSA) is 89.3 Å². The molecule has 0 saturated heterocycles. The number of carbonyl (C=O) groups excluding carboxylic acids is 1. The van der Waals surface area contributed by atoms with Gasteiger partial charge in [0, 0.05) is 12.7 Å². The molecule has 3 aromatic rings. The molecule has 7 heteroatoms. The van der Waals surface area contributed by atoms with Crippen LogP contribution in [-0.2, 0) is 9.84 Å². The van der Waals surface area contributed by atoms with Gasteiger partial charge in [-0.2, -0.15) is 0 Å². The molecule has 1 amide bonds. The average Bonchev–Trinajstić information content (AvgIpc) is 3.18. The second kappa shape index (κ2) is 7.75. The van der Waals surface area contributed by atoms with Crippen LogP contribution in [0, 0.1) is 13.8 Å². The summed E-state index contributed by atoms with van der Waals surface area (Å²) in [6.07, 6.45) is 2.92. The third-order valence-corrected chi connectivity index (χ3v) is 6.45. The Morgan fingerprint density at radius 2 is 1.93 bits per heavy atom. The van der Waals surface area contributed by atoms with Gasteiger partial charge in [-0.25, -0.2) is 8.42 Å². The number of carbonyl (C=O) groups is 1. The van der Waals surface area contributed by atoms with E-state index < -0.39 is 21.0 Å². The maximum atomic E-state index is 13.2. The lowest BCUT2D eigenvalue weighted by Crippen LogP contribution is -2.32. The molecule has 2 heterocycles. The summed E-state index contributed by atoms with van der Waals surface area (Å²) in [6, 6.07) is 13.2. The van der Waals surface area contributed by atoms with Crippen molar-refractivity contribution >= 4 is 15.7 Å². The van der Waals surface area contributed by atoms with E-state index in [0.29, 0.717) is 0 Å². The molecule has 1 aromatic carbocycles. The van der Waals surface area contributed by atoms with Gasteiger partial charge in [-0.3, -0.25) is 9.78 Å². The van der Waals surface area contributed by atoms with Gasteiger partial charge in [0.2, 0.25) is 0 Å². The third-order valence-electron chi connectivity index (χ3n) is 4.39. The Balaban J connectivity index is 1.90. The van der Waals surface area contributed by atoms with Crippen LogP contribution in [0.5, 0.6) is 0 Å². The molecule has 0 saturated carbocycles. The quantitative estimate of drug-likeness (QED) is 0.705. The van der Waals surface area contributed by atoms with E-state index in [0.717, 1.165) is 11.1 Å². The number of nitrogens with one attached hydrogen (secondary N) is 1. The zero-order valence-corrected chi connectivity index (χ0v) is 15.9. The molecule has 0 radical (unpaired) electrons. The molecule has 0 fully saturated rings. The minimum absolute atomic E-state index is 0.127. The zero-order valence-electron chi connectivity index (χ0n) is 15.0. The lowest BCUT2D eigenvalue weighted by Gasteiger charge is -2.17. The molecule has 0 spiro atoms. The summed E-state index contributed by atoms with van der Waals surface area (Å²) in [7, 11) is -3.77. The molecule has 0 bridgehead atoms. The number of hydrogen-bond donors (Lipinski definition) is 1. The predicted octanol–water partition coefficient (Wildman–Crippen LogP) is 3.24. The van der Waals surface area contributed by atoms with E-state index >= 15 is 0 Å². The first kappa shape index (κ1) is 18.8. The Kier molecular flexibility index (Phi) is 5.41. The van der Waals surface area contributed by atoms with Crippen molar-refractivity contribution in [2.24, 2.45) is 0 Å². The Labute approximate surface area is 158 Å². The molecule has 1 atom stereocenters. The summed E-state index contributed by atoms with van der Waals surface area (Å²) >= 11 is 0. The Hall–Kier alpha value is -2.93. The highest BCUT2D eigenvalue weighted by molar-refractivity contribution is 7.91. The largest absolute Gasteiger partial charge is 0.468 e. The van der Waals surface area contributed by atoms with Crippen LogP contribution >= 0.6 is 0 Å². The minimum Gasteiger partial charge on any atom is -0.468 e. The highest BCUT2D eigenvalue weighted by Gasteiger charge is 2.32. The number of nitrogens with zero attached hydrogens (tertiary/aromatic N) is 1. The van der Waals surface area contributed by atoms with Crippen LogP contribution in [0.1, 0.15) is 32.6 Å². The predicted molar refractivity (Wildman–Crippen MR) is 101 cm³/mol. The fourth-order valence-corrected chi connectivity index (χ4v) is 4.34. The van der Waals surface area contributed by atoms with Crippen LogP contribution in [-0.4, -0.2) is 25.9 Å².